The molecule has 0 spiro atoms. The summed E-state index contributed by atoms with van der Waals surface area (Å²) in [5.41, 5.74) is 2.41. The van der Waals surface area contributed by atoms with Crippen molar-refractivity contribution < 1.29 is 4.42 Å². The third-order valence-corrected chi connectivity index (χ3v) is 4.58. The van der Waals surface area contributed by atoms with Gasteiger partial charge in [0.2, 0.25) is 0 Å². The Labute approximate surface area is 111 Å². The minimum Gasteiger partial charge on any atom is -0.423 e. The molecule has 4 aromatic rings. The van der Waals surface area contributed by atoms with Crippen LogP contribution in [-0.4, -0.2) is 9.38 Å². The van der Waals surface area contributed by atoms with E-state index in [0.29, 0.717) is 16.8 Å². The Morgan fingerprint density at radius 2 is 2.05 bits per heavy atom. The highest BCUT2D eigenvalue weighted by atomic mass is 32.1. The number of aromatic nitrogens is 2. The zero-order valence-electron chi connectivity index (χ0n) is 10.4. The lowest BCUT2D eigenvalue weighted by atomic mass is 10.2. The van der Waals surface area contributed by atoms with Crippen LogP contribution < -0.4 is 5.56 Å². The molecule has 0 atom stereocenters. The van der Waals surface area contributed by atoms with E-state index in [2.05, 4.69) is 4.98 Å². The fourth-order valence-corrected chi connectivity index (χ4v) is 3.39. The Morgan fingerprint density at radius 1 is 1.26 bits per heavy atom. The molecule has 0 aliphatic rings. The summed E-state index contributed by atoms with van der Waals surface area (Å²) in [4.78, 5) is 19.0. The van der Waals surface area contributed by atoms with Crippen LogP contribution in [0.5, 0.6) is 0 Å². The summed E-state index contributed by atoms with van der Waals surface area (Å²) in [5, 5.41) is 0.701. The van der Waals surface area contributed by atoms with Gasteiger partial charge in [0.25, 0.3) is 5.56 Å². The number of oxazole rings is 1. The molecule has 0 unspecified atom stereocenters. The molecule has 5 heteroatoms. The lowest BCUT2D eigenvalue weighted by Crippen LogP contribution is -2.13. The van der Waals surface area contributed by atoms with Gasteiger partial charge >= 0.3 is 5.84 Å². The predicted molar refractivity (Wildman–Crippen MR) is 76.1 cm³/mol. The summed E-state index contributed by atoms with van der Waals surface area (Å²) in [5.74, 6) is 0.361. The maximum Gasteiger partial charge on any atom is 0.311 e. The summed E-state index contributed by atoms with van der Waals surface area (Å²) in [6, 6.07) is 7.48. The number of aryl methyl sites for hydroxylation is 2. The molecule has 0 aliphatic carbocycles. The van der Waals surface area contributed by atoms with Gasteiger partial charge in [-0.1, -0.05) is 12.1 Å². The van der Waals surface area contributed by atoms with Crippen LogP contribution in [0.2, 0.25) is 0 Å². The minimum absolute atomic E-state index is 0.0493. The van der Waals surface area contributed by atoms with Crippen LogP contribution in [0.4, 0.5) is 0 Å². The lowest BCUT2D eigenvalue weighted by Gasteiger charge is -1.94. The molecule has 0 aliphatic heterocycles. The summed E-state index contributed by atoms with van der Waals surface area (Å²) in [7, 11) is 0. The quantitative estimate of drug-likeness (QED) is 0.492. The molecule has 3 aromatic heterocycles. The molecule has 3 heterocycles. The third kappa shape index (κ3) is 1.28. The van der Waals surface area contributed by atoms with Crippen molar-refractivity contribution in [2.75, 3.05) is 0 Å². The first-order chi connectivity index (χ1) is 9.16. The van der Waals surface area contributed by atoms with Crippen LogP contribution in [0.25, 0.3) is 27.2 Å². The molecule has 0 bridgehead atoms. The first kappa shape index (κ1) is 10.8. The van der Waals surface area contributed by atoms with E-state index in [0.717, 1.165) is 20.8 Å². The highest BCUT2D eigenvalue weighted by molar-refractivity contribution is 7.18. The van der Waals surface area contributed by atoms with Gasteiger partial charge in [-0.15, -0.1) is 11.3 Å². The van der Waals surface area contributed by atoms with E-state index >= 15 is 0 Å². The normalized spacial score (nSPS) is 11.9. The van der Waals surface area contributed by atoms with E-state index in [1.165, 1.54) is 11.3 Å². The Hall–Kier alpha value is -2.14. The maximum atomic E-state index is 12.7. The van der Waals surface area contributed by atoms with E-state index < -0.39 is 0 Å². The van der Waals surface area contributed by atoms with Gasteiger partial charge in [0.05, 0.1) is 10.9 Å². The van der Waals surface area contributed by atoms with Gasteiger partial charge in [-0.2, -0.15) is 4.98 Å². The topological polar surface area (TPSA) is 47.5 Å². The zero-order chi connectivity index (χ0) is 13.1. The molecule has 1 aromatic carbocycles. The molecule has 0 radical (unpaired) electrons. The molecule has 0 fully saturated rings. The molecule has 0 amide bonds. The highest BCUT2D eigenvalue weighted by Crippen LogP contribution is 2.28. The zero-order valence-corrected chi connectivity index (χ0v) is 11.2. The molecular formula is C14H10N2O2S. The smallest absolute Gasteiger partial charge is 0.311 e. The summed E-state index contributed by atoms with van der Waals surface area (Å²) in [6.45, 7) is 3.97. The van der Waals surface area contributed by atoms with Crippen molar-refractivity contribution in [3.8, 4) is 0 Å². The van der Waals surface area contributed by atoms with Gasteiger partial charge in [-0.25, -0.2) is 4.40 Å². The molecule has 4 rings (SSSR count). The second kappa shape index (κ2) is 3.45. The number of rotatable bonds is 0. The second-order valence-electron chi connectivity index (χ2n) is 4.57. The molecular weight excluding hydrogens is 260 g/mol. The standard InChI is InChI=1S/C14H10N2O2S/c1-7-8(2)19-12-11(7)13(17)16-9-5-3-4-6-10(9)18-14(16)15-12/h3-6H,1-2H3. The van der Waals surface area contributed by atoms with E-state index in [1.54, 1.807) is 4.40 Å². The molecule has 0 saturated heterocycles. The van der Waals surface area contributed by atoms with E-state index in [-0.39, 0.29) is 5.56 Å². The monoisotopic (exact) mass is 270 g/mol. The Kier molecular flexibility index (Phi) is 1.95. The van der Waals surface area contributed by atoms with Gasteiger partial charge < -0.3 is 4.42 Å². The second-order valence-corrected chi connectivity index (χ2v) is 5.77. The number of para-hydroxylation sites is 2. The first-order valence-electron chi connectivity index (χ1n) is 5.97. The number of thiophene rings is 1. The fraction of sp³-hybridized carbons (Fsp3) is 0.143. The van der Waals surface area contributed by atoms with Crippen molar-refractivity contribution in [2.24, 2.45) is 0 Å². The summed E-state index contributed by atoms with van der Waals surface area (Å²) in [6.07, 6.45) is 0. The number of hydrogen-bond donors (Lipinski definition) is 0. The molecule has 0 saturated carbocycles. The van der Waals surface area contributed by atoms with Crippen LogP contribution in [0.3, 0.4) is 0 Å². The molecule has 94 valence electrons. The lowest BCUT2D eigenvalue weighted by molar-refractivity contribution is 0.637. The first-order valence-corrected chi connectivity index (χ1v) is 6.78. The van der Waals surface area contributed by atoms with Crippen molar-refractivity contribution in [2.45, 2.75) is 13.8 Å². The van der Waals surface area contributed by atoms with Gasteiger partial charge in [0.1, 0.15) is 4.83 Å². The average Bonchev–Trinajstić information content (AvgIpc) is 2.88. The van der Waals surface area contributed by atoms with Crippen LogP contribution in [0.1, 0.15) is 10.4 Å². The van der Waals surface area contributed by atoms with Crippen LogP contribution >= 0.6 is 11.3 Å². The van der Waals surface area contributed by atoms with Crippen molar-refractivity contribution >= 4 is 38.5 Å². The van der Waals surface area contributed by atoms with Crippen LogP contribution in [0.15, 0.2) is 33.5 Å². The van der Waals surface area contributed by atoms with Crippen molar-refractivity contribution in [1.82, 2.24) is 9.38 Å². The van der Waals surface area contributed by atoms with E-state index in [4.69, 9.17) is 4.42 Å². The SMILES string of the molecule is Cc1sc2nc3oc4ccccc4n3c(=O)c2c1C. The van der Waals surface area contributed by atoms with Gasteiger partial charge in [0, 0.05) is 4.88 Å². The molecule has 4 nitrogen and oxygen atoms in total. The number of hydrogen-bond acceptors (Lipinski definition) is 4. The average molecular weight is 270 g/mol. The number of benzene rings is 1. The summed E-state index contributed by atoms with van der Waals surface area (Å²) < 4.78 is 7.20. The largest absolute Gasteiger partial charge is 0.423 e. The van der Waals surface area contributed by atoms with Gasteiger partial charge in [0.15, 0.2) is 5.58 Å². The number of nitrogens with zero attached hydrogens (tertiary/aromatic N) is 2. The van der Waals surface area contributed by atoms with Gasteiger partial charge in [-0.3, -0.25) is 4.79 Å². The van der Waals surface area contributed by atoms with Crippen molar-refractivity contribution in [1.29, 1.82) is 0 Å². The van der Waals surface area contributed by atoms with Crippen LogP contribution in [-0.2, 0) is 0 Å². The Balaban J connectivity index is 2.37. The highest BCUT2D eigenvalue weighted by Gasteiger charge is 2.16. The number of fused-ring (bicyclic) bond motifs is 4. The maximum absolute atomic E-state index is 12.7. The minimum atomic E-state index is -0.0493. The third-order valence-electron chi connectivity index (χ3n) is 3.48. The Morgan fingerprint density at radius 3 is 2.89 bits per heavy atom. The van der Waals surface area contributed by atoms with Crippen molar-refractivity contribution in [3.63, 3.8) is 0 Å². The molecule has 19 heavy (non-hydrogen) atoms. The fourth-order valence-electron chi connectivity index (χ4n) is 2.38. The Bertz CT molecular complexity index is 1010. The van der Waals surface area contributed by atoms with Crippen molar-refractivity contribution in [3.05, 3.63) is 45.1 Å². The van der Waals surface area contributed by atoms with E-state index in [1.807, 2.05) is 38.1 Å². The van der Waals surface area contributed by atoms with Gasteiger partial charge in [-0.05, 0) is 31.5 Å². The van der Waals surface area contributed by atoms with Crippen LogP contribution in [0, 0.1) is 13.8 Å². The predicted octanol–water partition coefficient (Wildman–Crippen LogP) is 3.27. The van der Waals surface area contributed by atoms with E-state index in [9.17, 15) is 4.79 Å². The summed E-state index contributed by atoms with van der Waals surface area (Å²) >= 11 is 1.53. The molecule has 0 N–H and O–H groups in total.